The number of rotatable bonds is 5. The van der Waals surface area contributed by atoms with Gasteiger partial charge in [-0.25, -0.2) is 0 Å². The molecule has 0 unspecified atom stereocenters. The van der Waals surface area contributed by atoms with Gasteiger partial charge in [-0.05, 0) is 24.3 Å². The van der Waals surface area contributed by atoms with Crippen molar-refractivity contribution in [3.63, 3.8) is 0 Å². The van der Waals surface area contributed by atoms with E-state index in [-0.39, 0.29) is 5.97 Å². The summed E-state index contributed by atoms with van der Waals surface area (Å²) < 4.78 is 10.5. The fourth-order valence-electron chi connectivity index (χ4n) is 1.69. The minimum Gasteiger partial charge on any atom is -0.491 e. The Morgan fingerprint density at radius 3 is 2.95 bits per heavy atom. The minimum absolute atomic E-state index is 0.279. The molecule has 0 aliphatic heterocycles. The van der Waals surface area contributed by atoms with Crippen LogP contribution in [-0.2, 0) is 9.53 Å². The fourth-order valence-corrected chi connectivity index (χ4v) is 1.90. The lowest BCUT2D eigenvalue weighted by atomic mass is 10.2. The molecule has 0 saturated carbocycles. The summed E-state index contributed by atoms with van der Waals surface area (Å²) in [7, 11) is 0. The predicted molar refractivity (Wildman–Crippen MR) is 73.5 cm³/mol. The average molecular weight is 280 g/mol. The topological polar surface area (TPSA) is 48.4 Å². The number of fused-ring (bicyclic) bond motifs is 1. The van der Waals surface area contributed by atoms with Crippen molar-refractivity contribution in [2.75, 3.05) is 13.2 Å². The van der Waals surface area contributed by atoms with Crippen LogP contribution in [0.3, 0.4) is 0 Å². The van der Waals surface area contributed by atoms with Crippen LogP contribution >= 0.6 is 11.6 Å². The van der Waals surface area contributed by atoms with Crippen LogP contribution in [0.25, 0.3) is 10.9 Å². The van der Waals surface area contributed by atoms with Gasteiger partial charge in [0.05, 0.1) is 18.2 Å². The van der Waals surface area contributed by atoms with Crippen molar-refractivity contribution in [2.45, 2.75) is 13.3 Å². The highest BCUT2D eigenvalue weighted by molar-refractivity contribution is 6.35. The van der Waals surface area contributed by atoms with E-state index < -0.39 is 0 Å². The number of aromatic nitrogens is 1. The molecule has 0 saturated heterocycles. The normalized spacial score (nSPS) is 10.4. The SMILES string of the molecule is CC(=O)OCCCOc1ccc(Cl)c2cccnc12. The lowest BCUT2D eigenvalue weighted by Crippen LogP contribution is -2.06. The lowest BCUT2D eigenvalue weighted by Gasteiger charge is -2.09. The smallest absolute Gasteiger partial charge is 0.302 e. The third kappa shape index (κ3) is 3.58. The summed E-state index contributed by atoms with van der Waals surface area (Å²) >= 11 is 6.09. The Kier molecular flexibility index (Phi) is 4.58. The van der Waals surface area contributed by atoms with E-state index in [1.165, 1.54) is 6.92 Å². The van der Waals surface area contributed by atoms with Crippen molar-refractivity contribution in [2.24, 2.45) is 0 Å². The molecule has 0 bridgehead atoms. The highest BCUT2D eigenvalue weighted by Gasteiger charge is 2.06. The number of halogens is 1. The second-order valence-corrected chi connectivity index (χ2v) is 4.39. The molecule has 1 aromatic heterocycles. The van der Waals surface area contributed by atoms with Crippen molar-refractivity contribution in [3.8, 4) is 5.75 Å². The molecule has 0 aliphatic rings. The van der Waals surface area contributed by atoms with Crippen LogP contribution in [0.2, 0.25) is 5.02 Å². The van der Waals surface area contributed by atoms with Crippen LogP contribution in [0, 0.1) is 0 Å². The monoisotopic (exact) mass is 279 g/mol. The van der Waals surface area contributed by atoms with Crippen molar-refractivity contribution in [1.82, 2.24) is 4.98 Å². The molecule has 0 N–H and O–H groups in total. The number of pyridine rings is 1. The van der Waals surface area contributed by atoms with Gasteiger partial charge in [0.15, 0.2) is 0 Å². The highest BCUT2D eigenvalue weighted by atomic mass is 35.5. The van der Waals surface area contributed by atoms with Gasteiger partial charge in [0.25, 0.3) is 0 Å². The van der Waals surface area contributed by atoms with Gasteiger partial charge in [0.2, 0.25) is 0 Å². The summed E-state index contributed by atoms with van der Waals surface area (Å²) in [5.74, 6) is 0.404. The van der Waals surface area contributed by atoms with E-state index in [4.69, 9.17) is 21.1 Å². The van der Waals surface area contributed by atoms with E-state index in [2.05, 4.69) is 4.98 Å². The number of nitrogens with zero attached hydrogens (tertiary/aromatic N) is 1. The second kappa shape index (κ2) is 6.38. The maximum Gasteiger partial charge on any atom is 0.302 e. The third-order valence-electron chi connectivity index (χ3n) is 2.53. The predicted octanol–water partition coefficient (Wildman–Crippen LogP) is 3.22. The zero-order valence-electron chi connectivity index (χ0n) is 10.6. The molecule has 0 spiro atoms. The fraction of sp³-hybridized carbons (Fsp3) is 0.286. The number of hydrogen-bond donors (Lipinski definition) is 0. The first-order chi connectivity index (χ1) is 9.18. The second-order valence-electron chi connectivity index (χ2n) is 3.99. The van der Waals surface area contributed by atoms with Crippen LogP contribution in [0.15, 0.2) is 30.5 Å². The number of benzene rings is 1. The minimum atomic E-state index is -0.279. The molecule has 0 radical (unpaired) electrons. The Morgan fingerprint density at radius 2 is 2.16 bits per heavy atom. The summed E-state index contributed by atoms with van der Waals surface area (Å²) in [5.41, 5.74) is 0.738. The van der Waals surface area contributed by atoms with E-state index in [0.29, 0.717) is 30.4 Å². The van der Waals surface area contributed by atoms with Crippen LogP contribution in [0.5, 0.6) is 5.75 Å². The lowest BCUT2D eigenvalue weighted by molar-refractivity contribution is -0.141. The van der Waals surface area contributed by atoms with E-state index >= 15 is 0 Å². The number of ether oxygens (including phenoxy) is 2. The molecule has 4 nitrogen and oxygen atoms in total. The van der Waals surface area contributed by atoms with E-state index in [1.54, 1.807) is 18.3 Å². The van der Waals surface area contributed by atoms with Gasteiger partial charge < -0.3 is 9.47 Å². The standard InChI is InChI=1S/C14H14ClNO3/c1-10(17)18-8-3-9-19-13-6-5-12(15)11-4-2-7-16-14(11)13/h2,4-7H,3,8-9H2,1H3. The summed E-state index contributed by atoms with van der Waals surface area (Å²) in [5, 5.41) is 1.51. The zero-order chi connectivity index (χ0) is 13.7. The van der Waals surface area contributed by atoms with Crippen LogP contribution in [0.1, 0.15) is 13.3 Å². The quantitative estimate of drug-likeness (QED) is 0.623. The van der Waals surface area contributed by atoms with E-state index in [0.717, 1.165) is 10.9 Å². The molecule has 0 atom stereocenters. The van der Waals surface area contributed by atoms with Gasteiger partial charge in [0, 0.05) is 24.9 Å². The first kappa shape index (κ1) is 13.6. The first-order valence-electron chi connectivity index (χ1n) is 5.98. The van der Waals surface area contributed by atoms with Gasteiger partial charge in [-0.3, -0.25) is 9.78 Å². The van der Waals surface area contributed by atoms with Gasteiger partial charge in [0.1, 0.15) is 11.3 Å². The van der Waals surface area contributed by atoms with Crippen LogP contribution < -0.4 is 4.74 Å². The Labute approximate surface area is 116 Å². The van der Waals surface area contributed by atoms with Crippen LogP contribution in [0.4, 0.5) is 0 Å². The number of carbonyl (C=O) groups is 1. The van der Waals surface area contributed by atoms with Gasteiger partial charge >= 0.3 is 5.97 Å². The number of hydrogen-bond acceptors (Lipinski definition) is 4. The number of esters is 1. The maximum atomic E-state index is 10.6. The van der Waals surface area contributed by atoms with Crippen molar-refractivity contribution < 1.29 is 14.3 Å². The largest absolute Gasteiger partial charge is 0.491 e. The van der Waals surface area contributed by atoms with Gasteiger partial charge in [-0.1, -0.05) is 11.6 Å². The molecule has 2 aromatic rings. The summed E-state index contributed by atoms with van der Waals surface area (Å²) in [6.45, 7) is 2.20. The molecule has 0 fully saturated rings. The van der Waals surface area contributed by atoms with E-state index in [9.17, 15) is 4.79 Å². The molecule has 19 heavy (non-hydrogen) atoms. The Morgan fingerprint density at radius 1 is 1.32 bits per heavy atom. The third-order valence-corrected chi connectivity index (χ3v) is 2.86. The highest BCUT2D eigenvalue weighted by Crippen LogP contribution is 2.29. The maximum absolute atomic E-state index is 10.6. The first-order valence-corrected chi connectivity index (χ1v) is 6.35. The average Bonchev–Trinajstić information content (AvgIpc) is 2.41. The number of carbonyl (C=O) groups excluding carboxylic acids is 1. The molecule has 100 valence electrons. The molecule has 1 heterocycles. The Balaban J connectivity index is 2.01. The molecule has 0 aliphatic carbocycles. The molecular formula is C14H14ClNO3. The van der Waals surface area contributed by atoms with Crippen molar-refractivity contribution in [3.05, 3.63) is 35.5 Å². The Bertz CT molecular complexity index is 586. The molecular weight excluding hydrogens is 266 g/mol. The zero-order valence-corrected chi connectivity index (χ0v) is 11.3. The molecule has 5 heteroatoms. The summed E-state index contributed by atoms with van der Waals surface area (Å²) in [6.07, 6.45) is 2.33. The van der Waals surface area contributed by atoms with Crippen molar-refractivity contribution in [1.29, 1.82) is 0 Å². The van der Waals surface area contributed by atoms with Crippen LogP contribution in [-0.4, -0.2) is 24.2 Å². The summed E-state index contributed by atoms with van der Waals surface area (Å²) in [6, 6.07) is 7.31. The van der Waals surface area contributed by atoms with Gasteiger partial charge in [-0.2, -0.15) is 0 Å². The Hall–Kier alpha value is -1.81. The molecule has 0 amide bonds. The van der Waals surface area contributed by atoms with E-state index in [1.807, 2.05) is 12.1 Å². The molecule has 2 rings (SSSR count). The summed E-state index contributed by atoms with van der Waals surface area (Å²) in [4.78, 5) is 14.9. The molecule has 1 aromatic carbocycles. The van der Waals surface area contributed by atoms with Gasteiger partial charge in [-0.15, -0.1) is 0 Å². The van der Waals surface area contributed by atoms with Crippen molar-refractivity contribution >= 4 is 28.5 Å².